The van der Waals surface area contributed by atoms with E-state index in [0.717, 1.165) is 76.9 Å². The summed E-state index contributed by atoms with van der Waals surface area (Å²) in [5.74, 6) is -1.83. The summed E-state index contributed by atoms with van der Waals surface area (Å²) in [7, 11) is 7.22. The predicted octanol–water partition coefficient (Wildman–Crippen LogP) is 26.1. The second kappa shape index (κ2) is 35.1. The van der Waals surface area contributed by atoms with Crippen molar-refractivity contribution < 1.29 is 64.9 Å². The Bertz CT molecular complexity index is 6900. The van der Waals surface area contributed by atoms with Gasteiger partial charge in [0.2, 0.25) is 22.8 Å². The zero-order valence-electron chi connectivity index (χ0n) is 99.3. The van der Waals surface area contributed by atoms with Crippen molar-refractivity contribution in [1.29, 1.82) is 0 Å². The molecule has 0 bridgehead atoms. The maximum absolute atomic E-state index is 9.09. The van der Waals surface area contributed by atoms with Gasteiger partial charge in [0.05, 0.1) is 0 Å². The molecule has 0 aliphatic heterocycles. The Labute approximate surface area is 709 Å². The second-order valence-electron chi connectivity index (χ2n) is 29.7. The van der Waals surface area contributed by atoms with Crippen molar-refractivity contribution in [1.82, 2.24) is 0 Å². The minimum atomic E-state index is -2.58. The van der Waals surface area contributed by atoms with Crippen LogP contribution in [0.1, 0.15) is 220 Å². The Morgan fingerprint density at radius 2 is 0.718 bits per heavy atom. The van der Waals surface area contributed by atoms with E-state index >= 15 is 0 Å². The van der Waals surface area contributed by atoms with E-state index in [9.17, 15) is 0 Å². The highest BCUT2D eigenvalue weighted by Crippen LogP contribution is 2.42. The van der Waals surface area contributed by atoms with Gasteiger partial charge in [0.25, 0.3) is 0 Å². The van der Waals surface area contributed by atoms with E-state index in [1.807, 2.05) is 104 Å². The number of nitrogens with zero attached hydrogens (tertiary/aromatic N) is 4. The van der Waals surface area contributed by atoms with Crippen LogP contribution in [0.4, 0.5) is 0 Å². The summed E-state index contributed by atoms with van der Waals surface area (Å²) in [5.41, 5.74) is 14.1. The predicted molar refractivity (Wildman–Crippen MR) is 469 cm³/mol. The van der Waals surface area contributed by atoms with Crippen molar-refractivity contribution in [3.8, 4) is 101 Å². The molecule has 4 heterocycles. The SMILES string of the molecule is [2H]C([2H])([2H])c1ccccc1-c1c(C([2H])([2H])[2H])ccc(-c2cc(-c3ccccc3)cc[n+]2C)c1C.[2H]C([2H])([2H])c1ccccc1-c1c(C([2H])([2H])[2H])ccc(-c2cc(C([2H])(C)C)c(C([2H])([2H])[2H])c[n+]2C)c1C.[2H]C([2H])([2H])c1ccccc1-c1c(C([2H])([2H])[2H])ccc(-c2cc(C([2H])([2H])C(C)(C)C)c(C([2H])([2H])[2H])c[n+]2C)c1C.[2H]C([2H])([2H])c1ccccc1-c1c(C([2H])([2H])[2H])ccc(-c2cc(C3([2H])CCCCC3)cc[n+]2C)c1C. The van der Waals surface area contributed by atoms with Crippen molar-refractivity contribution in [2.75, 3.05) is 0 Å². The first-order valence-electron chi connectivity index (χ1n) is 54.2. The number of rotatable bonds is 12. The van der Waals surface area contributed by atoms with Crippen LogP contribution in [0.5, 0.6) is 0 Å². The molecule has 9 aromatic carbocycles. The van der Waals surface area contributed by atoms with E-state index in [1.165, 1.54) is 42.7 Å². The molecule has 1 fully saturated rings. The molecule has 0 radical (unpaired) electrons. The maximum Gasteiger partial charge on any atom is 0.213 e. The summed E-state index contributed by atoms with van der Waals surface area (Å²) in [6, 6.07) is 60.4. The molecule has 0 spiro atoms. The fourth-order valence-corrected chi connectivity index (χ4v) is 14.9. The molecule has 562 valence electrons. The summed E-state index contributed by atoms with van der Waals surface area (Å²) < 4.78 is 285. The molecule has 1 aliphatic carbocycles. The maximum atomic E-state index is 9.09. The van der Waals surface area contributed by atoms with Crippen LogP contribution in [0.3, 0.4) is 0 Å². The van der Waals surface area contributed by atoms with Gasteiger partial charge in [-0.25, -0.2) is 18.3 Å². The van der Waals surface area contributed by atoms with E-state index in [0.29, 0.717) is 78.1 Å². The number of pyridine rings is 4. The third-order valence-electron chi connectivity index (χ3n) is 20.6. The normalized spacial score (nSPS) is 18.4. The number of benzene rings is 9. The number of aryl methyl sites for hydroxylation is 14. The smallest absolute Gasteiger partial charge is 0.201 e. The Hall–Kier alpha value is -10.4. The van der Waals surface area contributed by atoms with Crippen LogP contribution in [0.15, 0.2) is 237 Å². The van der Waals surface area contributed by atoms with Gasteiger partial charge < -0.3 is 0 Å². The van der Waals surface area contributed by atoms with Gasteiger partial charge in [-0.15, -0.1) is 0 Å². The van der Waals surface area contributed by atoms with E-state index in [-0.39, 0.29) is 72.3 Å². The minimum Gasteiger partial charge on any atom is -0.201 e. The minimum absolute atomic E-state index is 0.00698. The van der Waals surface area contributed by atoms with Crippen LogP contribution in [-0.2, 0) is 34.6 Å². The fraction of sp³-hybridized carbons (Fsp3) is 0.302. The molecule has 0 unspecified atom stereocenters. The molecule has 4 aromatic heterocycles. The van der Waals surface area contributed by atoms with Crippen LogP contribution >= 0.6 is 0 Å². The monoisotopic (exact) mass is 1490 g/mol. The van der Waals surface area contributed by atoms with Crippen molar-refractivity contribution in [3.05, 3.63) is 332 Å². The van der Waals surface area contributed by atoms with E-state index in [2.05, 4.69) is 12.1 Å². The van der Waals surface area contributed by atoms with Gasteiger partial charge in [-0.05, 0) is 296 Å². The van der Waals surface area contributed by atoms with E-state index < -0.39 is 92.1 Å². The number of hydrogen-bond acceptors (Lipinski definition) is 0. The third-order valence-corrected chi connectivity index (χ3v) is 20.6. The molecule has 13 aromatic rings. The Morgan fingerprint density at radius 3 is 1.11 bits per heavy atom. The fourth-order valence-electron chi connectivity index (χ4n) is 14.9. The van der Waals surface area contributed by atoms with Gasteiger partial charge >= 0.3 is 0 Å². The highest BCUT2D eigenvalue weighted by Gasteiger charge is 2.27. The first kappa shape index (κ1) is 46.9. The van der Waals surface area contributed by atoms with Crippen molar-refractivity contribution in [2.45, 2.75) is 181 Å². The molecule has 0 atom stereocenters. The van der Waals surface area contributed by atoms with Crippen LogP contribution in [0.2, 0.25) is 0 Å². The molecule has 4 nitrogen and oxygen atoms in total. The summed E-state index contributed by atoms with van der Waals surface area (Å²) >= 11 is 0. The summed E-state index contributed by atoms with van der Waals surface area (Å²) in [4.78, 5) is 0. The zero-order valence-corrected chi connectivity index (χ0v) is 65.3. The molecule has 1 saturated carbocycles. The summed E-state index contributed by atoms with van der Waals surface area (Å²) in [6.07, 6.45) is 9.70. The topological polar surface area (TPSA) is 15.5 Å². The molecule has 0 saturated heterocycles. The average Bonchev–Trinajstić information content (AvgIpc) is 0.738. The highest BCUT2D eigenvalue weighted by molar-refractivity contribution is 5.85. The zero-order chi connectivity index (χ0) is 108. The van der Waals surface area contributed by atoms with Crippen LogP contribution in [0.25, 0.3) is 101 Å². The first-order valence-corrected chi connectivity index (χ1v) is 37.2. The summed E-state index contributed by atoms with van der Waals surface area (Å²) in [6.45, 7) is -9.05. The van der Waals surface area contributed by atoms with Gasteiger partial charge in [0, 0.05) is 116 Å². The van der Waals surface area contributed by atoms with Crippen LogP contribution < -0.4 is 18.3 Å². The average molecular weight is 1490 g/mol. The lowest BCUT2D eigenvalue weighted by Gasteiger charge is -2.22. The van der Waals surface area contributed by atoms with Gasteiger partial charge in [-0.1, -0.05) is 206 Å². The Morgan fingerprint density at radius 1 is 0.364 bits per heavy atom. The van der Waals surface area contributed by atoms with Crippen LogP contribution in [-0.4, -0.2) is 0 Å². The van der Waals surface area contributed by atoms with E-state index in [4.69, 9.17) is 46.6 Å². The molecule has 0 N–H and O–H groups in total. The molecule has 4 heteroatoms. The van der Waals surface area contributed by atoms with Crippen LogP contribution in [0, 0.1) is 102 Å². The molecule has 0 amide bonds. The van der Waals surface area contributed by atoms with Crippen molar-refractivity contribution in [3.63, 3.8) is 0 Å². The standard InChI is InChI=1S/C27H32N.C27H26N.C27H34N.C25H30N/c2*1-19-10-8-9-13-24(19)27-20(2)14-15-25(21(27)3)26-18-23(16-17-28(26)4)22-11-6-5-7-12-22;1-18-11-9-10-12-23(18)26-19(2)13-14-24(21(26)4)25-15-22(16-27(5,6)7)20(3)17-28(25)8;1-16(2)23-14-24(26(7)15-19(23)5)22-13-12-18(4)25(20(22)6)21-11-9-8-10-17(21)3/h8-10,13-18,22H,5-7,11-12H2,1-4H3;5-18H,1-4H3;9-15,17H,16H2,1-8H3;8-16H,1-7H3/q4*+1/i1D3,2D3,22D;1D3,2D3;1D3,2D3,3D3,16D2;3D3,4D3,5D3,16D. The van der Waals surface area contributed by atoms with Gasteiger partial charge in [-0.3, -0.25) is 0 Å². The number of hydrogen-bond donors (Lipinski definition) is 0. The highest BCUT2D eigenvalue weighted by atomic mass is 14.9. The van der Waals surface area contributed by atoms with Crippen molar-refractivity contribution >= 4 is 0 Å². The lowest BCUT2D eigenvalue weighted by Crippen LogP contribution is -2.32. The summed E-state index contributed by atoms with van der Waals surface area (Å²) in [5, 5.41) is 0. The lowest BCUT2D eigenvalue weighted by atomic mass is 9.83. The molecule has 110 heavy (non-hydrogen) atoms. The second-order valence-corrected chi connectivity index (χ2v) is 29.7. The van der Waals surface area contributed by atoms with Gasteiger partial charge in [-0.2, -0.15) is 0 Å². The largest absolute Gasteiger partial charge is 0.213 e. The first-order chi connectivity index (χ1) is 66.0. The lowest BCUT2D eigenvalue weighted by molar-refractivity contribution is -0.660. The van der Waals surface area contributed by atoms with Gasteiger partial charge in [0.15, 0.2) is 24.8 Å². The van der Waals surface area contributed by atoms with Gasteiger partial charge in [0.1, 0.15) is 28.2 Å². The quantitative estimate of drug-likeness (QED) is 0.108. The molecule has 14 rings (SSSR count). The Balaban J connectivity index is 0.000000183. The molecule has 1 aliphatic rings. The van der Waals surface area contributed by atoms with E-state index in [1.54, 1.807) is 187 Å². The Kier molecular flexibility index (Phi) is 15.0. The third kappa shape index (κ3) is 18.0. The number of aromatic nitrogens is 4. The molecular formula is C106H122N4+4. The molecular weight excluding hydrogens is 1330 g/mol. The van der Waals surface area contributed by atoms with Crippen molar-refractivity contribution in [2.24, 2.45) is 33.6 Å².